The van der Waals surface area contributed by atoms with Crippen LogP contribution < -0.4 is 15.6 Å². The Morgan fingerprint density at radius 2 is 1.22 bits per heavy atom. The second-order valence-electron chi connectivity index (χ2n) is 7.60. The largest absolute Gasteiger partial charge is 0.176 e. The van der Waals surface area contributed by atoms with Crippen LogP contribution in [0.25, 0.3) is 0 Å². The highest BCUT2D eigenvalue weighted by atomic mass is 28.3. The van der Waals surface area contributed by atoms with E-state index >= 15 is 0 Å². The van der Waals surface area contributed by atoms with Crippen molar-refractivity contribution in [2.24, 2.45) is 5.92 Å². The number of hydrogen-bond acceptors (Lipinski definition) is 0. The lowest BCUT2D eigenvalue weighted by Crippen LogP contribution is -2.69. The first-order valence-electron chi connectivity index (χ1n) is 9.71. The summed E-state index contributed by atoms with van der Waals surface area (Å²) in [7, 11) is -2.33. The molecular formula is C26H26Si. The maximum absolute atomic E-state index is 2.41. The molecule has 0 bridgehead atoms. The summed E-state index contributed by atoms with van der Waals surface area (Å²) < 4.78 is 0. The molecule has 1 aliphatic rings. The van der Waals surface area contributed by atoms with Crippen LogP contribution in [-0.4, -0.2) is 8.07 Å². The Bertz CT molecular complexity index is 957. The maximum Gasteiger partial charge on any atom is 0.176 e. The van der Waals surface area contributed by atoms with Crippen LogP contribution in [0, 0.1) is 12.8 Å². The fourth-order valence-corrected chi connectivity index (χ4v) is 10.3. The Hall–Kier alpha value is -2.64. The predicted molar refractivity (Wildman–Crippen MR) is 120 cm³/mol. The Labute approximate surface area is 163 Å². The van der Waals surface area contributed by atoms with Gasteiger partial charge in [-0.15, -0.1) is 0 Å². The minimum atomic E-state index is -2.33. The minimum Gasteiger partial charge on any atom is -0.0777 e. The van der Waals surface area contributed by atoms with Gasteiger partial charge in [-0.3, -0.25) is 0 Å². The fourth-order valence-electron chi connectivity index (χ4n) is 4.69. The van der Waals surface area contributed by atoms with Gasteiger partial charge >= 0.3 is 0 Å². The molecule has 1 aliphatic carbocycles. The Balaban J connectivity index is 2.15. The summed E-state index contributed by atoms with van der Waals surface area (Å²) in [4.78, 5) is 0. The highest BCUT2D eigenvalue weighted by Gasteiger charge is 2.45. The molecule has 134 valence electrons. The van der Waals surface area contributed by atoms with E-state index < -0.39 is 8.07 Å². The van der Waals surface area contributed by atoms with Gasteiger partial charge in [0, 0.05) is 0 Å². The molecule has 0 saturated heterocycles. The van der Waals surface area contributed by atoms with Crippen LogP contribution in [0.4, 0.5) is 0 Å². The van der Waals surface area contributed by atoms with Crippen LogP contribution in [0.3, 0.4) is 0 Å². The summed E-state index contributed by atoms with van der Waals surface area (Å²) in [6, 6.07) is 31.6. The van der Waals surface area contributed by atoms with Crippen molar-refractivity contribution in [1.82, 2.24) is 0 Å². The van der Waals surface area contributed by atoms with Crippen molar-refractivity contribution >= 4 is 23.6 Å². The molecule has 0 radical (unpaired) electrons. The molecule has 0 nitrogen and oxygen atoms in total. The molecule has 1 heteroatoms. The highest BCUT2D eigenvalue weighted by molar-refractivity contribution is 7.16. The normalized spacial score (nSPS) is 16.8. The van der Waals surface area contributed by atoms with Gasteiger partial charge in [0.15, 0.2) is 8.07 Å². The van der Waals surface area contributed by atoms with E-state index in [1.807, 2.05) is 0 Å². The molecule has 0 aromatic heterocycles. The van der Waals surface area contributed by atoms with Crippen LogP contribution in [-0.2, 0) is 0 Å². The predicted octanol–water partition coefficient (Wildman–Crippen LogP) is 4.53. The Morgan fingerprint density at radius 3 is 1.70 bits per heavy atom. The summed E-state index contributed by atoms with van der Waals surface area (Å²) in [5, 5.41) is 6.02. The lowest BCUT2D eigenvalue weighted by atomic mass is 10.2. The second-order valence-corrected chi connectivity index (χ2v) is 11.4. The molecule has 0 saturated carbocycles. The van der Waals surface area contributed by atoms with E-state index in [1.165, 1.54) is 26.7 Å². The number of benzene rings is 3. The smallest absolute Gasteiger partial charge is 0.0777 e. The lowest BCUT2D eigenvalue weighted by Gasteiger charge is -2.38. The zero-order valence-corrected chi connectivity index (χ0v) is 17.3. The summed E-state index contributed by atoms with van der Waals surface area (Å²) in [6.45, 7) is 6.85. The standard InChI is InChI=1S/C26H26Si/c1-20-11-10-16-25(19-20)27(23-12-6-4-7-13-23,24-14-8-5-9-15-24)26-21(2)17-18-22(26)3/h4-19,21H,1-3H3. The first-order valence-corrected chi connectivity index (χ1v) is 11.7. The van der Waals surface area contributed by atoms with Crippen molar-refractivity contribution in [3.05, 3.63) is 113 Å². The van der Waals surface area contributed by atoms with E-state index in [-0.39, 0.29) is 0 Å². The molecule has 0 amide bonds. The zero-order valence-electron chi connectivity index (χ0n) is 16.3. The van der Waals surface area contributed by atoms with Gasteiger partial charge in [-0.25, -0.2) is 0 Å². The summed E-state index contributed by atoms with van der Waals surface area (Å²) in [6.07, 6.45) is 4.69. The van der Waals surface area contributed by atoms with Gasteiger partial charge in [0.1, 0.15) is 0 Å². The SMILES string of the molecule is CC1=C([Si](c2ccccc2)(c2ccccc2)c2cccc(C)c2)C(C)C=C1. The molecule has 0 N–H and O–H groups in total. The van der Waals surface area contributed by atoms with E-state index in [2.05, 4.69) is 118 Å². The molecular weight excluding hydrogens is 340 g/mol. The first kappa shape index (κ1) is 17.8. The van der Waals surface area contributed by atoms with E-state index in [4.69, 9.17) is 0 Å². The summed E-state index contributed by atoms with van der Waals surface area (Å²) >= 11 is 0. The van der Waals surface area contributed by atoms with Crippen LogP contribution in [0.1, 0.15) is 19.4 Å². The third kappa shape index (κ3) is 2.92. The van der Waals surface area contributed by atoms with E-state index in [1.54, 1.807) is 5.20 Å². The molecule has 3 aromatic rings. The zero-order chi connectivity index (χ0) is 18.9. The average molecular weight is 367 g/mol. The Kier molecular flexibility index (Phi) is 4.71. The quantitative estimate of drug-likeness (QED) is 0.470. The van der Waals surface area contributed by atoms with Crippen molar-refractivity contribution in [1.29, 1.82) is 0 Å². The first-order chi connectivity index (χ1) is 13.1. The number of aryl methyl sites for hydroxylation is 1. The van der Waals surface area contributed by atoms with Crippen molar-refractivity contribution in [3.8, 4) is 0 Å². The van der Waals surface area contributed by atoms with Gasteiger partial charge in [0.2, 0.25) is 0 Å². The topological polar surface area (TPSA) is 0 Å². The maximum atomic E-state index is 2.41. The molecule has 1 unspecified atom stereocenters. The van der Waals surface area contributed by atoms with Gasteiger partial charge in [0.25, 0.3) is 0 Å². The number of allylic oxidation sites excluding steroid dienone is 4. The van der Waals surface area contributed by atoms with Gasteiger partial charge in [-0.05, 0) is 35.3 Å². The van der Waals surface area contributed by atoms with Gasteiger partial charge in [0.05, 0.1) is 0 Å². The van der Waals surface area contributed by atoms with Crippen molar-refractivity contribution in [2.45, 2.75) is 20.8 Å². The Morgan fingerprint density at radius 1 is 0.667 bits per heavy atom. The van der Waals surface area contributed by atoms with E-state index in [9.17, 15) is 0 Å². The van der Waals surface area contributed by atoms with Crippen molar-refractivity contribution in [2.75, 3.05) is 0 Å². The second kappa shape index (κ2) is 7.17. The fraction of sp³-hybridized carbons (Fsp3) is 0.154. The van der Waals surface area contributed by atoms with Crippen LogP contribution in [0.15, 0.2) is 108 Å². The molecule has 3 aromatic carbocycles. The minimum absolute atomic E-state index is 0.456. The van der Waals surface area contributed by atoms with Crippen molar-refractivity contribution in [3.63, 3.8) is 0 Å². The van der Waals surface area contributed by atoms with Crippen LogP contribution in [0.5, 0.6) is 0 Å². The molecule has 0 fully saturated rings. The van der Waals surface area contributed by atoms with Gasteiger partial charge < -0.3 is 0 Å². The average Bonchev–Trinajstić information content (AvgIpc) is 3.04. The molecule has 0 heterocycles. The lowest BCUT2D eigenvalue weighted by molar-refractivity contribution is 0.924. The van der Waals surface area contributed by atoms with Crippen LogP contribution >= 0.6 is 0 Å². The molecule has 0 aliphatic heterocycles. The third-order valence-electron chi connectivity index (χ3n) is 5.78. The van der Waals surface area contributed by atoms with Crippen molar-refractivity contribution < 1.29 is 0 Å². The summed E-state index contributed by atoms with van der Waals surface area (Å²) in [5.74, 6) is 0.456. The molecule has 4 rings (SSSR count). The highest BCUT2D eigenvalue weighted by Crippen LogP contribution is 2.33. The summed E-state index contributed by atoms with van der Waals surface area (Å²) in [5.41, 5.74) is 2.76. The van der Waals surface area contributed by atoms with E-state index in [0.717, 1.165) is 0 Å². The third-order valence-corrected chi connectivity index (χ3v) is 11.0. The molecule has 27 heavy (non-hydrogen) atoms. The molecule has 1 atom stereocenters. The van der Waals surface area contributed by atoms with Crippen LogP contribution in [0.2, 0.25) is 0 Å². The number of hydrogen-bond donors (Lipinski definition) is 0. The van der Waals surface area contributed by atoms with Gasteiger partial charge in [-0.1, -0.05) is 120 Å². The molecule has 0 spiro atoms. The number of rotatable bonds is 4. The monoisotopic (exact) mass is 366 g/mol. The van der Waals surface area contributed by atoms with E-state index in [0.29, 0.717) is 5.92 Å². The van der Waals surface area contributed by atoms with Gasteiger partial charge in [-0.2, -0.15) is 0 Å².